The number of nitrogens with one attached hydrogen (secondary N) is 1. The van der Waals surface area contributed by atoms with Gasteiger partial charge in [0.25, 0.3) is 0 Å². The van der Waals surface area contributed by atoms with Gasteiger partial charge < -0.3 is 10.1 Å². The molecule has 0 fully saturated rings. The molecule has 0 spiro atoms. The number of rotatable bonds is 6. The Kier molecular flexibility index (Phi) is 5.39. The predicted molar refractivity (Wildman–Crippen MR) is 82.4 cm³/mol. The number of methoxy groups -OCH3 is 1. The highest BCUT2D eigenvalue weighted by Crippen LogP contribution is 2.26. The van der Waals surface area contributed by atoms with E-state index in [1.807, 2.05) is 30.3 Å². The molecular formula is C16H19ClN2O. The highest BCUT2D eigenvalue weighted by Gasteiger charge is 2.16. The summed E-state index contributed by atoms with van der Waals surface area (Å²) in [6.07, 6.45) is 2.58. The molecule has 3 nitrogen and oxygen atoms in total. The van der Waals surface area contributed by atoms with Crippen LogP contribution in [-0.4, -0.2) is 18.6 Å². The molecule has 0 aliphatic heterocycles. The van der Waals surface area contributed by atoms with Gasteiger partial charge in [-0.1, -0.05) is 36.7 Å². The minimum atomic E-state index is 0.155. The Labute approximate surface area is 124 Å². The van der Waals surface area contributed by atoms with Crippen LogP contribution < -0.4 is 10.1 Å². The smallest absolute Gasteiger partial charge is 0.217 e. The summed E-state index contributed by atoms with van der Waals surface area (Å²) in [4.78, 5) is 4.27. The number of hydrogen-bond acceptors (Lipinski definition) is 3. The molecule has 20 heavy (non-hydrogen) atoms. The van der Waals surface area contributed by atoms with Gasteiger partial charge in [-0.2, -0.15) is 0 Å². The third-order valence-corrected chi connectivity index (χ3v) is 3.38. The largest absolute Gasteiger partial charge is 0.481 e. The van der Waals surface area contributed by atoms with Crippen LogP contribution in [-0.2, 0) is 6.42 Å². The molecule has 2 aromatic rings. The topological polar surface area (TPSA) is 34.2 Å². The van der Waals surface area contributed by atoms with Crippen LogP contribution in [0.15, 0.2) is 42.6 Å². The maximum absolute atomic E-state index is 6.05. The molecule has 1 N–H and O–H groups in total. The van der Waals surface area contributed by atoms with E-state index in [9.17, 15) is 0 Å². The van der Waals surface area contributed by atoms with Crippen LogP contribution in [0.1, 0.15) is 24.1 Å². The van der Waals surface area contributed by atoms with Gasteiger partial charge in [0.2, 0.25) is 5.88 Å². The highest BCUT2D eigenvalue weighted by atomic mass is 35.5. The van der Waals surface area contributed by atoms with Gasteiger partial charge in [-0.25, -0.2) is 4.98 Å². The van der Waals surface area contributed by atoms with Crippen molar-refractivity contribution in [3.8, 4) is 5.88 Å². The number of hydrogen-bond donors (Lipinski definition) is 1. The summed E-state index contributed by atoms with van der Waals surface area (Å²) in [7, 11) is 1.65. The second-order valence-electron chi connectivity index (χ2n) is 4.55. The molecule has 0 aliphatic rings. The molecule has 1 atom stereocenters. The predicted octanol–water partition coefficient (Wildman–Crippen LogP) is 3.64. The lowest BCUT2D eigenvalue weighted by atomic mass is 9.99. The van der Waals surface area contributed by atoms with E-state index in [4.69, 9.17) is 16.3 Å². The molecule has 1 aromatic carbocycles. The van der Waals surface area contributed by atoms with Crippen LogP contribution in [0.3, 0.4) is 0 Å². The molecule has 0 aliphatic carbocycles. The van der Waals surface area contributed by atoms with E-state index in [1.165, 1.54) is 5.56 Å². The molecule has 0 saturated heterocycles. The Hall–Kier alpha value is -1.58. The van der Waals surface area contributed by atoms with E-state index >= 15 is 0 Å². The van der Waals surface area contributed by atoms with Crippen LogP contribution in [0.25, 0.3) is 0 Å². The van der Waals surface area contributed by atoms with Gasteiger partial charge in [-0.15, -0.1) is 0 Å². The first kappa shape index (κ1) is 14.8. The van der Waals surface area contributed by atoms with Crippen LogP contribution >= 0.6 is 11.6 Å². The minimum absolute atomic E-state index is 0.155. The van der Waals surface area contributed by atoms with Crippen LogP contribution in [0.4, 0.5) is 0 Å². The van der Waals surface area contributed by atoms with Crippen LogP contribution in [0.5, 0.6) is 5.88 Å². The minimum Gasteiger partial charge on any atom is -0.481 e. The van der Waals surface area contributed by atoms with Crippen molar-refractivity contribution in [2.75, 3.05) is 13.7 Å². The zero-order chi connectivity index (χ0) is 14.4. The SMILES string of the molecule is CCNC(Cc1cccc(Cl)c1)c1cccnc1OC. The third-order valence-electron chi connectivity index (χ3n) is 3.15. The maximum atomic E-state index is 6.05. The van der Waals surface area contributed by atoms with E-state index in [0.717, 1.165) is 23.6 Å². The van der Waals surface area contributed by atoms with Crippen molar-refractivity contribution in [2.45, 2.75) is 19.4 Å². The van der Waals surface area contributed by atoms with Gasteiger partial charge in [0.05, 0.1) is 7.11 Å². The average molecular weight is 291 g/mol. The second kappa shape index (κ2) is 7.27. The highest BCUT2D eigenvalue weighted by molar-refractivity contribution is 6.30. The van der Waals surface area contributed by atoms with Crippen molar-refractivity contribution in [3.05, 3.63) is 58.7 Å². The number of halogens is 1. The number of likely N-dealkylation sites (N-methyl/N-ethyl adjacent to an activating group) is 1. The van der Waals surface area contributed by atoms with Crippen molar-refractivity contribution in [2.24, 2.45) is 0 Å². The maximum Gasteiger partial charge on any atom is 0.217 e. The van der Waals surface area contributed by atoms with Crippen molar-refractivity contribution >= 4 is 11.6 Å². The van der Waals surface area contributed by atoms with E-state index < -0.39 is 0 Å². The Morgan fingerprint density at radius 2 is 2.15 bits per heavy atom. The lowest BCUT2D eigenvalue weighted by molar-refractivity contribution is 0.382. The molecule has 0 amide bonds. The number of pyridine rings is 1. The van der Waals surface area contributed by atoms with Crippen molar-refractivity contribution < 1.29 is 4.74 Å². The molecule has 1 heterocycles. The average Bonchev–Trinajstić information content (AvgIpc) is 2.47. The fraction of sp³-hybridized carbons (Fsp3) is 0.312. The normalized spacial score (nSPS) is 12.2. The summed E-state index contributed by atoms with van der Waals surface area (Å²) in [5.41, 5.74) is 2.26. The van der Waals surface area contributed by atoms with Gasteiger partial charge in [0, 0.05) is 22.8 Å². The molecule has 0 saturated carbocycles. The molecule has 0 bridgehead atoms. The Morgan fingerprint density at radius 3 is 2.85 bits per heavy atom. The van der Waals surface area contributed by atoms with Gasteiger partial charge in [-0.3, -0.25) is 0 Å². The van der Waals surface area contributed by atoms with E-state index in [2.05, 4.69) is 23.3 Å². The monoisotopic (exact) mass is 290 g/mol. The van der Waals surface area contributed by atoms with Gasteiger partial charge >= 0.3 is 0 Å². The lowest BCUT2D eigenvalue weighted by Crippen LogP contribution is -2.23. The summed E-state index contributed by atoms with van der Waals surface area (Å²) in [5, 5.41) is 4.24. The quantitative estimate of drug-likeness (QED) is 0.882. The fourth-order valence-electron chi connectivity index (χ4n) is 2.28. The Balaban J connectivity index is 2.26. The second-order valence-corrected chi connectivity index (χ2v) is 4.98. The number of ether oxygens (including phenoxy) is 1. The molecule has 1 unspecified atom stereocenters. The summed E-state index contributed by atoms with van der Waals surface area (Å²) >= 11 is 6.05. The number of nitrogens with zero attached hydrogens (tertiary/aromatic N) is 1. The summed E-state index contributed by atoms with van der Waals surface area (Å²) in [5.74, 6) is 0.667. The Morgan fingerprint density at radius 1 is 1.30 bits per heavy atom. The molecular weight excluding hydrogens is 272 g/mol. The fourth-order valence-corrected chi connectivity index (χ4v) is 2.49. The number of aromatic nitrogens is 1. The van der Waals surface area contributed by atoms with Gasteiger partial charge in [0.1, 0.15) is 0 Å². The molecule has 106 valence electrons. The first-order chi connectivity index (χ1) is 9.74. The van der Waals surface area contributed by atoms with E-state index in [0.29, 0.717) is 5.88 Å². The first-order valence-corrected chi connectivity index (χ1v) is 7.09. The third kappa shape index (κ3) is 3.71. The van der Waals surface area contributed by atoms with Crippen molar-refractivity contribution in [1.29, 1.82) is 0 Å². The van der Waals surface area contributed by atoms with Crippen molar-refractivity contribution in [1.82, 2.24) is 10.3 Å². The molecule has 1 aromatic heterocycles. The van der Waals surface area contributed by atoms with Crippen LogP contribution in [0.2, 0.25) is 5.02 Å². The summed E-state index contributed by atoms with van der Waals surface area (Å²) < 4.78 is 5.36. The standard InChI is InChI=1S/C16H19ClN2O/c1-3-18-15(11-12-6-4-7-13(17)10-12)14-8-5-9-19-16(14)20-2/h4-10,15,18H,3,11H2,1-2H3. The van der Waals surface area contributed by atoms with Gasteiger partial charge in [-0.05, 0) is 36.7 Å². The summed E-state index contributed by atoms with van der Waals surface area (Å²) in [6.45, 7) is 2.97. The molecule has 4 heteroatoms. The van der Waals surface area contributed by atoms with Crippen LogP contribution in [0, 0.1) is 0 Å². The lowest BCUT2D eigenvalue weighted by Gasteiger charge is -2.20. The first-order valence-electron chi connectivity index (χ1n) is 6.71. The zero-order valence-electron chi connectivity index (χ0n) is 11.8. The molecule has 0 radical (unpaired) electrons. The van der Waals surface area contributed by atoms with Crippen molar-refractivity contribution in [3.63, 3.8) is 0 Å². The van der Waals surface area contributed by atoms with E-state index in [1.54, 1.807) is 13.3 Å². The molecule has 2 rings (SSSR count). The van der Waals surface area contributed by atoms with E-state index in [-0.39, 0.29) is 6.04 Å². The number of benzene rings is 1. The summed E-state index contributed by atoms with van der Waals surface area (Å²) in [6, 6.07) is 12.1. The van der Waals surface area contributed by atoms with Gasteiger partial charge in [0.15, 0.2) is 0 Å². The Bertz CT molecular complexity index is 560. The zero-order valence-corrected chi connectivity index (χ0v) is 12.5.